The number of ether oxygens (including phenoxy) is 1. The Kier molecular flexibility index (Phi) is 3.37. The van der Waals surface area contributed by atoms with E-state index < -0.39 is 0 Å². The second-order valence-corrected chi connectivity index (χ2v) is 4.74. The molecule has 0 saturated carbocycles. The summed E-state index contributed by atoms with van der Waals surface area (Å²) in [6.45, 7) is 1.97. The van der Waals surface area contributed by atoms with E-state index in [0.717, 1.165) is 23.7 Å². The molecular formula is C14H16N4O2. The Labute approximate surface area is 117 Å². The molecule has 0 spiro atoms. The van der Waals surface area contributed by atoms with Crippen LogP contribution in [0.25, 0.3) is 0 Å². The van der Waals surface area contributed by atoms with Crippen molar-refractivity contribution < 1.29 is 9.53 Å². The first-order chi connectivity index (χ1) is 9.78. The van der Waals surface area contributed by atoms with Crippen LogP contribution in [0.5, 0.6) is 5.75 Å². The summed E-state index contributed by atoms with van der Waals surface area (Å²) in [5.41, 5.74) is 0.909. The first kappa shape index (κ1) is 12.7. The van der Waals surface area contributed by atoms with E-state index in [0.29, 0.717) is 19.5 Å². The molecule has 0 fully saturated rings. The Hall–Kier alpha value is -2.37. The Morgan fingerprint density at radius 2 is 2.20 bits per heavy atom. The van der Waals surface area contributed by atoms with Crippen molar-refractivity contribution in [1.29, 1.82) is 0 Å². The minimum absolute atomic E-state index is 0.0868. The SMILES string of the molecule is COc1ccccc1CC(=O)N1CCn2cnnc2C1. The third-order valence-corrected chi connectivity index (χ3v) is 3.53. The molecule has 0 bridgehead atoms. The molecule has 1 aliphatic heterocycles. The maximum absolute atomic E-state index is 12.4. The molecule has 0 unspecified atom stereocenters. The lowest BCUT2D eigenvalue weighted by atomic mass is 10.1. The van der Waals surface area contributed by atoms with Crippen molar-refractivity contribution in [2.24, 2.45) is 0 Å². The lowest BCUT2D eigenvalue weighted by Crippen LogP contribution is -2.39. The fourth-order valence-electron chi connectivity index (χ4n) is 2.40. The van der Waals surface area contributed by atoms with Gasteiger partial charge < -0.3 is 14.2 Å². The summed E-state index contributed by atoms with van der Waals surface area (Å²) in [6.07, 6.45) is 2.05. The van der Waals surface area contributed by atoms with Gasteiger partial charge in [-0.15, -0.1) is 10.2 Å². The quantitative estimate of drug-likeness (QED) is 0.832. The van der Waals surface area contributed by atoms with Crippen molar-refractivity contribution in [2.75, 3.05) is 13.7 Å². The summed E-state index contributed by atoms with van der Waals surface area (Å²) < 4.78 is 7.26. The Morgan fingerprint density at radius 3 is 3.05 bits per heavy atom. The minimum atomic E-state index is 0.0868. The topological polar surface area (TPSA) is 60.2 Å². The molecule has 0 atom stereocenters. The van der Waals surface area contributed by atoms with Gasteiger partial charge in [-0.2, -0.15) is 0 Å². The number of para-hydroxylation sites is 1. The molecule has 6 heteroatoms. The van der Waals surface area contributed by atoms with E-state index in [9.17, 15) is 4.79 Å². The van der Waals surface area contributed by atoms with Crippen LogP contribution < -0.4 is 4.74 Å². The van der Waals surface area contributed by atoms with Gasteiger partial charge in [-0.25, -0.2) is 0 Å². The van der Waals surface area contributed by atoms with E-state index in [2.05, 4.69) is 10.2 Å². The van der Waals surface area contributed by atoms with Gasteiger partial charge in [0.1, 0.15) is 12.1 Å². The number of hydrogen-bond acceptors (Lipinski definition) is 4. The van der Waals surface area contributed by atoms with Crippen molar-refractivity contribution in [3.8, 4) is 5.75 Å². The molecule has 3 rings (SSSR count). The predicted octanol–water partition coefficient (Wildman–Crippen LogP) is 0.872. The predicted molar refractivity (Wildman–Crippen MR) is 72.1 cm³/mol. The van der Waals surface area contributed by atoms with Crippen molar-refractivity contribution in [3.63, 3.8) is 0 Å². The monoisotopic (exact) mass is 272 g/mol. The number of aromatic nitrogens is 3. The zero-order chi connectivity index (χ0) is 13.9. The zero-order valence-corrected chi connectivity index (χ0v) is 11.3. The van der Waals surface area contributed by atoms with Gasteiger partial charge in [-0.05, 0) is 6.07 Å². The Bertz CT molecular complexity index is 623. The molecule has 20 heavy (non-hydrogen) atoms. The summed E-state index contributed by atoms with van der Waals surface area (Å²) >= 11 is 0. The van der Waals surface area contributed by atoms with Crippen LogP contribution >= 0.6 is 0 Å². The summed E-state index contributed by atoms with van der Waals surface area (Å²) in [4.78, 5) is 14.2. The number of carbonyl (C=O) groups is 1. The van der Waals surface area contributed by atoms with Crippen molar-refractivity contribution >= 4 is 5.91 Å². The number of benzene rings is 1. The van der Waals surface area contributed by atoms with Crippen LogP contribution in [0.15, 0.2) is 30.6 Å². The van der Waals surface area contributed by atoms with Crippen LogP contribution in [0.3, 0.4) is 0 Å². The first-order valence-corrected chi connectivity index (χ1v) is 6.54. The summed E-state index contributed by atoms with van der Waals surface area (Å²) in [6, 6.07) is 7.60. The number of hydrogen-bond donors (Lipinski definition) is 0. The molecule has 1 aliphatic rings. The summed E-state index contributed by atoms with van der Waals surface area (Å²) in [5, 5.41) is 7.89. The number of rotatable bonds is 3. The van der Waals surface area contributed by atoms with Crippen LogP contribution in [-0.4, -0.2) is 39.2 Å². The molecule has 104 valence electrons. The Balaban J connectivity index is 1.71. The van der Waals surface area contributed by atoms with Gasteiger partial charge in [0.05, 0.1) is 20.1 Å². The molecule has 0 radical (unpaired) electrons. The average molecular weight is 272 g/mol. The van der Waals surface area contributed by atoms with E-state index in [1.54, 1.807) is 13.4 Å². The molecule has 0 N–H and O–H groups in total. The molecule has 0 saturated heterocycles. The number of fused-ring (bicyclic) bond motifs is 1. The smallest absolute Gasteiger partial charge is 0.227 e. The van der Waals surface area contributed by atoms with Gasteiger partial charge >= 0.3 is 0 Å². The molecule has 1 amide bonds. The summed E-state index contributed by atoms with van der Waals surface area (Å²) in [5.74, 6) is 1.68. The minimum Gasteiger partial charge on any atom is -0.496 e. The second kappa shape index (κ2) is 5.32. The molecule has 2 heterocycles. The lowest BCUT2D eigenvalue weighted by molar-refractivity contribution is -0.132. The highest BCUT2D eigenvalue weighted by Crippen LogP contribution is 2.19. The van der Waals surface area contributed by atoms with Crippen LogP contribution in [0.1, 0.15) is 11.4 Å². The molecule has 1 aromatic heterocycles. The molecule has 6 nitrogen and oxygen atoms in total. The van der Waals surface area contributed by atoms with E-state index in [4.69, 9.17) is 4.74 Å². The number of methoxy groups -OCH3 is 1. The van der Waals surface area contributed by atoms with Crippen molar-refractivity contribution in [1.82, 2.24) is 19.7 Å². The number of nitrogens with zero attached hydrogens (tertiary/aromatic N) is 4. The van der Waals surface area contributed by atoms with Gasteiger partial charge in [0.2, 0.25) is 5.91 Å². The fraction of sp³-hybridized carbons (Fsp3) is 0.357. The normalized spacial score (nSPS) is 13.9. The molecule has 0 aliphatic carbocycles. The first-order valence-electron chi connectivity index (χ1n) is 6.54. The van der Waals surface area contributed by atoms with Crippen molar-refractivity contribution in [2.45, 2.75) is 19.5 Å². The van der Waals surface area contributed by atoms with Gasteiger partial charge in [-0.1, -0.05) is 18.2 Å². The maximum atomic E-state index is 12.4. The van der Waals surface area contributed by atoms with Gasteiger partial charge in [0.25, 0.3) is 0 Å². The van der Waals surface area contributed by atoms with Crippen LogP contribution in [0.2, 0.25) is 0 Å². The zero-order valence-electron chi connectivity index (χ0n) is 11.3. The average Bonchev–Trinajstić information content (AvgIpc) is 2.95. The summed E-state index contributed by atoms with van der Waals surface area (Å²) in [7, 11) is 1.62. The van der Waals surface area contributed by atoms with E-state index in [1.807, 2.05) is 33.7 Å². The largest absolute Gasteiger partial charge is 0.496 e. The van der Waals surface area contributed by atoms with E-state index >= 15 is 0 Å². The van der Waals surface area contributed by atoms with Gasteiger partial charge in [-0.3, -0.25) is 4.79 Å². The highest BCUT2D eigenvalue weighted by atomic mass is 16.5. The van der Waals surface area contributed by atoms with Crippen LogP contribution in [0, 0.1) is 0 Å². The fourth-order valence-corrected chi connectivity index (χ4v) is 2.40. The maximum Gasteiger partial charge on any atom is 0.227 e. The lowest BCUT2D eigenvalue weighted by Gasteiger charge is -2.27. The van der Waals surface area contributed by atoms with Gasteiger partial charge in [0, 0.05) is 18.7 Å². The molecule has 1 aromatic carbocycles. The van der Waals surface area contributed by atoms with E-state index in [1.165, 1.54) is 0 Å². The standard InChI is InChI=1S/C14H16N4O2/c1-20-12-5-3-2-4-11(12)8-14(19)17-6-7-18-10-15-16-13(18)9-17/h2-5,10H,6-9H2,1H3. The number of carbonyl (C=O) groups excluding carboxylic acids is 1. The van der Waals surface area contributed by atoms with Crippen LogP contribution in [-0.2, 0) is 24.3 Å². The van der Waals surface area contributed by atoms with Gasteiger partial charge in [0.15, 0.2) is 5.82 Å². The molecular weight excluding hydrogens is 256 g/mol. The van der Waals surface area contributed by atoms with Crippen LogP contribution in [0.4, 0.5) is 0 Å². The molecule has 2 aromatic rings. The highest BCUT2D eigenvalue weighted by Gasteiger charge is 2.22. The highest BCUT2D eigenvalue weighted by molar-refractivity contribution is 5.79. The van der Waals surface area contributed by atoms with Crippen molar-refractivity contribution in [3.05, 3.63) is 42.0 Å². The second-order valence-electron chi connectivity index (χ2n) is 4.74. The van der Waals surface area contributed by atoms with E-state index in [-0.39, 0.29) is 5.91 Å². The Morgan fingerprint density at radius 1 is 1.35 bits per heavy atom. The number of amides is 1. The third kappa shape index (κ3) is 2.36. The third-order valence-electron chi connectivity index (χ3n) is 3.53.